The van der Waals surface area contributed by atoms with Gasteiger partial charge in [-0.2, -0.15) is 5.26 Å². The Morgan fingerprint density at radius 3 is 2.57 bits per heavy atom. The summed E-state index contributed by atoms with van der Waals surface area (Å²) in [6.45, 7) is 0.351. The van der Waals surface area contributed by atoms with Gasteiger partial charge in [0.05, 0.1) is 17.1 Å². The molecule has 30 heavy (non-hydrogen) atoms. The third-order valence-electron chi connectivity index (χ3n) is 4.51. The molecule has 0 saturated carbocycles. The molecular formula is C23H17N5O2. The maximum Gasteiger partial charge on any atom is 0.287 e. The van der Waals surface area contributed by atoms with E-state index in [4.69, 9.17) is 5.26 Å². The van der Waals surface area contributed by atoms with E-state index in [1.54, 1.807) is 53.1 Å². The van der Waals surface area contributed by atoms with Gasteiger partial charge in [0, 0.05) is 18.4 Å². The maximum atomic E-state index is 12.8. The highest BCUT2D eigenvalue weighted by Crippen LogP contribution is 2.17. The molecule has 0 aliphatic heterocycles. The van der Waals surface area contributed by atoms with E-state index in [0.717, 1.165) is 5.56 Å². The first kappa shape index (κ1) is 18.9. The molecule has 0 atom stereocenters. The molecule has 4 rings (SSSR count). The summed E-state index contributed by atoms with van der Waals surface area (Å²) in [4.78, 5) is 29.9. The van der Waals surface area contributed by atoms with E-state index in [-0.39, 0.29) is 17.4 Å². The second-order valence-electron chi connectivity index (χ2n) is 6.55. The average molecular weight is 395 g/mol. The van der Waals surface area contributed by atoms with Crippen molar-refractivity contribution in [3.8, 4) is 6.07 Å². The van der Waals surface area contributed by atoms with E-state index >= 15 is 0 Å². The van der Waals surface area contributed by atoms with Crippen LogP contribution in [0.1, 0.15) is 32.2 Å². The zero-order chi connectivity index (χ0) is 20.9. The van der Waals surface area contributed by atoms with Crippen molar-refractivity contribution in [3.63, 3.8) is 0 Å². The van der Waals surface area contributed by atoms with Crippen LogP contribution in [0, 0.1) is 11.3 Å². The van der Waals surface area contributed by atoms with E-state index in [2.05, 4.69) is 15.6 Å². The fraction of sp³-hybridized carbons (Fsp3) is 0.0435. The van der Waals surface area contributed by atoms with Crippen molar-refractivity contribution in [1.82, 2.24) is 14.7 Å². The van der Waals surface area contributed by atoms with Crippen LogP contribution in [0.2, 0.25) is 0 Å². The number of nitrogens with one attached hydrogen (secondary N) is 2. The van der Waals surface area contributed by atoms with Crippen LogP contribution in [0.3, 0.4) is 0 Å². The van der Waals surface area contributed by atoms with Gasteiger partial charge in [0.2, 0.25) is 5.82 Å². The van der Waals surface area contributed by atoms with Crippen molar-refractivity contribution in [2.24, 2.45) is 0 Å². The van der Waals surface area contributed by atoms with E-state index in [1.165, 1.54) is 0 Å². The second-order valence-corrected chi connectivity index (χ2v) is 6.55. The fourth-order valence-corrected chi connectivity index (χ4v) is 3.08. The summed E-state index contributed by atoms with van der Waals surface area (Å²) in [6, 6.07) is 23.4. The molecule has 2 amide bonds. The SMILES string of the molecule is N#Cc1cccc(NC(=O)c2nc(C(=O)NCc3ccccc3)n3ccccc23)c1. The van der Waals surface area contributed by atoms with E-state index in [1.807, 2.05) is 36.4 Å². The standard InChI is InChI=1S/C23H17N5O2/c24-14-17-9-6-10-18(13-17)26-22(29)20-19-11-4-5-12-28(19)21(27-20)23(30)25-15-16-7-2-1-3-8-16/h1-13H,15H2,(H,25,30)(H,26,29). The number of amides is 2. The smallest absolute Gasteiger partial charge is 0.287 e. The quantitative estimate of drug-likeness (QED) is 0.541. The third-order valence-corrected chi connectivity index (χ3v) is 4.51. The lowest BCUT2D eigenvalue weighted by atomic mass is 10.2. The van der Waals surface area contributed by atoms with Gasteiger partial charge in [-0.25, -0.2) is 4.98 Å². The van der Waals surface area contributed by atoms with Crippen molar-refractivity contribution < 1.29 is 9.59 Å². The van der Waals surface area contributed by atoms with Crippen molar-refractivity contribution in [2.75, 3.05) is 5.32 Å². The summed E-state index contributed by atoms with van der Waals surface area (Å²) in [5.74, 6) is -0.723. The summed E-state index contributed by atoms with van der Waals surface area (Å²) in [5, 5.41) is 14.6. The Balaban J connectivity index is 1.60. The number of rotatable bonds is 5. The number of fused-ring (bicyclic) bond motifs is 1. The number of hydrogen-bond donors (Lipinski definition) is 2. The minimum atomic E-state index is -0.462. The van der Waals surface area contributed by atoms with Crippen molar-refractivity contribution in [2.45, 2.75) is 6.54 Å². The number of pyridine rings is 1. The number of anilines is 1. The molecule has 0 spiro atoms. The number of nitrogens with zero attached hydrogens (tertiary/aromatic N) is 3. The first-order valence-electron chi connectivity index (χ1n) is 9.26. The Kier molecular flexibility index (Phi) is 5.22. The molecule has 7 nitrogen and oxygen atoms in total. The van der Waals surface area contributed by atoms with Crippen molar-refractivity contribution >= 4 is 23.0 Å². The predicted octanol–water partition coefficient (Wildman–Crippen LogP) is 3.39. The summed E-state index contributed by atoms with van der Waals surface area (Å²) >= 11 is 0. The molecule has 2 heterocycles. The minimum absolute atomic E-state index is 0.123. The molecule has 0 aliphatic rings. The molecule has 4 aromatic rings. The minimum Gasteiger partial charge on any atom is -0.345 e. The lowest BCUT2D eigenvalue weighted by molar-refractivity contribution is 0.0940. The number of hydrogen-bond acceptors (Lipinski definition) is 4. The lowest BCUT2D eigenvalue weighted by Gasteiger charge is -2.04. The number of benzene rings is 2. The van der Waals surface area contributed by atoms with Crippen LogP contribution in [0.25, 0.3) is 5.52 Å². The summed E-state index contributed by atoms with van der Waals surface area (Å²) in [6.07, 6.45) is 1.69. The Bertz CT molecular complexity index is 1270. The van der Waals surface area contributed by atoms with Crippen LogP contribution >= 0.6 is 0 Å². The van der Waals surface area contributed by atoms with Gasteiger partial charge in [0.25, 0.3) is 11.8 Å². The molecule has 2 aromatic heterocycles. The van der Waals surface area contributed by atoms with E-state index in [9.17, 15) is 9.59 Å². The van der Waals surface area contributed by atoms with Crippen LogP contribution in [-0.2, 0) is 6.54 Å². The molecule has 2 N–H and O–H groups in total. The van der Waals surface area contributed by atoms with Gasteiger partial charge < -0.3 is 10.6 Å². The fourth-order valence-electron chi connectivity index (χ4n) is 3.08. The lowest BCUT2D eigenvalue weighted by Crippen LogP contribution is -2.25. The molecule has 7 heteroatoms. The number of carbonyl (C=O) groups excluding carboxylic acids is 2. The van der Waals surface area contributed by atoms with Gasteiger partial charge in [0.1, 0.15) is 0 Å². The Labute approximate surface area is 172 Å². The number of carbonyl (C=O) groups is 2. The highest BCUT2D eigenvalue weighted by Gasteiger charge is 2.21. The van der Waals surface area contributed by atoms with Crippen molar-refractivity contribution in [1.29, 1.82) is 5.26 Å². The van der Waals surface area contributed by atoms with E-state index in [0.29, 0.717) is 23.3 Å². The zero-order valence-corrected chi connectivity index (χ0v) is 15.9. The molecule has 146 valence electrons. The average Bonchev–Trinajstić information content (AvgIpc) is 3.18. The summed E-state index contributed by atoms with van der Waals surface area (Å²) in [7, 11) is 0. The van der Waals surface area contributed by atoms with Crippen LogP contribution in [0.15, 0.2) is 79.0 Å². The highest BCUT2D eigenvalue weighted by atomic mass is 16.2. The monoisotopic (exact) mass is 395 g/mol. The van der Waals surface area contributed by atoms with Gasteiger partial charge in [-0.1, -0.05) is 42.5 Å². The van der Waals surface area contributed by atoms with Gasteiger partial charge in [-0.3, -0.25) is 14.0 Å². The van der Waals surface area contributed by atoms with Gasteiger partial charge in [-0.15, -0.1) is 0 Å². The number of nitriles is 1. The Morgan fingerprint density at radius 1 is 0.967 bits per heavy atom. The third kappa shape index (κ3) is 3.88. The molecular weight excluding hydrogens is 378 g/mol. The molecule has 0 saturated heterocycles. The van der Waals surface area contributed by atoms with Gasteiger partial charge >= 0.3 is 0 Å². The predicted molar refractivity (Wildman–Crippen MR) is 112 cm³/mol. The maximum absolute atomic E-state index is 12.8. The van der Waals surface area contributed by atoms with Gasteiger partial charge in [0.15, 0.2) is 5.69 Å². The Hall–Kier alpha value is -4.44. The molecule has 0 radical (unpaired) electrons. The largest absolute Gasteiger partial charge is 0.345 e. The summed E-state index contributed by atoms with van der Waals surface area (Å²) in [5.41, 5.74) is 2.51. The molecule has 0 aliphatic carbocycles. The molecule has 2 aromatic carbocycles. The Morgan fingerprint density at radius 2 is 1.77 bits per heavy atom. The molecule has 0 unspecified atom stereocenters. The van der Waals surface area contributed by atoms with Gasteiger partial charge in [-0.05, 0) is 35.9 Å². The van der Waals surface area contributed by atoms with Crippen LogP contribution < -0.4 is 10.6 Å². The first-order valence-corrected chi connectivity index (χ1v) is 9.26. The molecule has 0 fully saturated rings. The summed E-state index contributed by atoms with van der Waals surface area (Å²) < 4.78 is 1.58. The number of imidazole rings is 1. The molecule has 0 bridgehead atoms. The van der Waals surface area contributed by atoms with E-state index < -0.39 is 5.91 Å². The van der Waals surface area contributed by atoms with Crippen LogP contribution in [0.5, 0.6) is 0 Å². The number of aromatic nitrogens is 2. The van der Waals surface area contributed by atoms with Crippen LogP contribution in [0.4, 0.5) is 5.69 Å². The topological polar surface area (TPSA) is 99.3 Å². The van der Waals surface area contributed by atoms with Crippen molar-refractivity contribution in [3.05, 3.63) is 102 Å². The second kappa shape index (κ2) is 8.29. The first-order chi connectivity index (χ1) is 14.7. The zero-order valence-electron chi connectivity index (χ0n) is 15.9. The highest BCUT2D eigenvalue weighted by molar-refractivity contribution is 6.09. The normalized spacial score (nSPS) is 10.4. The van der Waals surface area contributed by atoms with Crippen LogP contribution in [-0.4, -0.2) is 21.2 Å².